The Hall–Kier alpha value is -1.10. The van der Waals surface area contributed by atoms with Gasteiger partial charge in [-0.2, -0.15) is 0 Å². The summed E-state index contributed by atoms with van der Waals surface area (Å²) in [5, 5.41) is 0. The third-order valence-electron chi connectivity index (χ3n) is 2.91. The highest BCUT2D eigenvalue weighted by atomic mass is 16.5. The molecule has 0 aliphatic rings. The lowest BCUT2D eigenvalue weighted by Crippen LogP contribution is -2.44. The van der Waals surface area contributed by atoms with E-state index in [1.165, 1.54) is 0 Å². The van der Waals surface area contributed by atoms with Crippen molar-refractivity contribution in [3.05, 3.63) is 0 Å². The second kappa shape index (κ2) is 9.75. The second-order valence-electron chi connectivity index (χ2n) is 5.98. The van der Waals surface area contributed by atoms with E-state index in [0.29, 0.717) is 31.5 Å². The van der Waals surface area contributed by atoms with Gasteiger partial charge in [-0.3, -0.25) is 9.59 Å². The number of nitrogens with zero attached hydrogens (tertiary/aromatic N) is 1. The Bertz CT molecular complexity index is 303. The molecule has 0 aliphatic heterocycles. The van der Waals surface area contributed by atoms with Crippen LogP contribution in [-0.2, 0) is 14.3 Å². The van der Waals surface area contributed by atoms with E-state index >= 15 is 0 Å². The summed E-state index contributed by atoms with van der Waals surface area (Å²) in [7, 11) is 0. The number of esters is 1. The minimum absolute atomic E-state index is 0.0133. The summed E-state index contributed by atoms with van der Waals surface area (Å²) < 4.78 is 4.93. The van der Waals surface area contributed by atoms with Crippen LogP contribution in [0.15, 0.2) is 0 Å². The number of nitrogens with two attached hydrogens (primary N) is 1. The highest BCUT2D eigenvalue weighted by Crippen LogP contribution is 2.15. The first-order valence-corrected chi connectivity index (χ1v) is 7.46. The van der Waals surface area contributed by atoms with Crippen molar-refractivity contribution >= 4 is 11.9 Å². The van der Waals surface area contributed by atoms with Crippen LogP contribution in [0.2, 0.25) is 0 Å². The van der Waals surface area contributed by atoms with Crippen molar-refractivity contribution in [2.75, 3.05) is 26.2 Å². The Morgan fingerprint density at radius 1 is 1.15 bits per heavy atom. The zero-order chi connectivity index (χ0) is 15.7. The van der Waals surface area contributed by atoms with Gasteiger partial charge in [-0.25, -0.2) is 0 Å². The highest BCUT2D eigenvalue weighted by Gasteiger charge is 2.26. The minimum atomic E-state index is -0.359. The molecule has 0 aromatic rings. The number of carbonyl (C=O) groups is 2. The van der Waals surface area contributed by atoms with Gasteiger partial charge in [0.15, 0.2) is 0 Å². The second-order valence-corrected chi connectivity index (χ2v) is 5.98. The van der Waals surface area contributed by atoms with Gasteiger partial charge in [-0.1, -0.05) is 27.7 Å². The number of amides is 1. The molecule has 0 aliphatic carbocycles. The largest absolute Gasteiger partial charge is 0.465 e. The van der Waals surface area contributed by atoms with Crippen LogP contribution in [-0.4, -0.2) is 43.0 Å². The van der Waals surface area contributed by atoms with Crippen molar-refractivity contribution in [1.29, 1.82) is 0 Å². The first kappa shape index (κ1) is 18.9. The van der Waals surface area contributed by atoms with Crippen molar-refractivity contribution in [3.8, 4) is 0 Å². The molecule has 0 radical (unpaired) electrons. The lowest BCUT2D eigenvalue weighted by Gasteiger charge is -2.28. The molecule has 118 valence electrons. The molecule has 0 bridgehead atoms. The third kappa shape index (κ3) is 7.48. The van der Waals surface area contributed by atoms with Crippen molar-refractivity contribution in [3.63, 3.8) is 0 Å². The molecule has 0 spiro atoms. The van der Waals surface area contributed by atoms with Gasteiger partial charge in [0.1, 0.15) is 6.54 Å². The molecule has 0 saturated heterocycles. The van der Waals surface area contributed by atoms with Crippen LogP contribution < -0.4 is 5.73 Å². The molecule has 0 heterocycles. The monoisotopic (exact) mass is 286 g/mol. The number of ether oxygens (including phenoxy) is 1. The van der Waals surface area contributed by atoms with Gasteiger partial charge in [0.25, 0.3) is 0 Å². The summed E-state index contributed by atoms with van der Waals surface area (Å²) in [6.07, 6.45) is 0.743. The van der Waals surface area contributed by atoms with Crippen molar-refractivity contribution in [2.45, 2.75) is 41.0 Å². The van der Waals surface area contributed by atoms with Gasteiger partial charge in [-0.15, -0.1) is 0 Å². The quantitative estimate of drug-likeness (QED) is 0.654. The van der Waals surface area contributed by atoms with E-state index in [1.54, 1.807) is 11.8 Å². The molecule has 1 unspecified atom stereocenters. The number of carbonyl (C=O) groups excluding carboxylic acids is 2. The van der Waals surface area contributed by atoms with E-state index in [-0.39, 0.29) is 24.3 Å². The van der Waals surface area contributed by atoms with Gasteiger partial charge < -0.3 is 15.4 Å². The van der Waals surface area contributed by atoms with E-state index < -0.39 is 0 Å². The fourth-order valence-electron chi connectivity index (χ4n) is 2.16. The molecular formula is C15H30N2O3. The molecule has 1 amide bonds. The molecule has 0 aromatic carbocycles. The normalized spacial score (nSPS) is 12.6. The zero-order valence-corrected chi connectivity index (χ0v) is 13.5. The summed E-state index contributed by atoms with van der Waals surface area (Å²) in [4.78, 5) is 25.7. The van der Waals surface area contributed by atoms with Crippen molar-refractivity contribution < 1.29 is 14.3 Å². The predicted molar refractivity (Wildman–Crippen MR) is 80.1 cm³/mol. The number of hydrogen-bond donors (Lipinski definition) is 1. The smallest absolute Gasteiger partial charge is 0.325 e. The Morgan fingerprint density at radius 2 is 1.75 bits per heavy atom. The van der Waals surface area contributed by atoms with Crippen LogP contribution >= 0.6 is 0 Å². The lowest BCUT2D eigenvalue weighted by molar-refractivity contribution is -0.150. The van der Waals surface area contributed by atoms with Gasteiger partial charge in [0.05, 0.1) is 12.5 Å². The standard InChI is InChI=1S/C15H30N2O3/c1-6-20-14(18)10-17(9-12(4)5)15(19)13(8-16)7-11(2)3/h11-13H,6-10,16H2,1-5H3. The topological polar surface area (TPSA) is 72.6 Å². The minimum Gasteiger partial charge on any atom is -0.465 e. The zero-order valence-electron chi connectivity index (χ0n) is 13.5. The molecular weight excluding hydrogens is 256 g/mol. The Kier molecular flexibility index (Phi) is 9.21. The molecule has 2 N–H and O–H groups in total. The maximum Gasteiger partial charge on any atom is 0.325 e. The summed E-state index contributed by atoms with van der Waals surface area (Å²) in [5.74, 6) is 0.0785. The van der Waals surface area contributed by atoms with Crippen LogP contribution in [0.4, 0.5) is 0 Å². The van der Waals surface area contributed by atoms with Crippen LogP contribution in [0, 0.1) is 17.8 Å². The SMILES string of the molecule is CCOC(=O)CN(CC(C)C)C(=O)C(CN)CC(C)C. The Balaban J connectivity index is 4.80. The van der Waals surface area contributed by atoms with Gasteiger partial charge in [0, 0.05) is 13.1 Å². The maximum atomic E-state index is 12.5. The van der Waals surface area contributed by atoms with Gasteiger partial charge in [0.2, 0.25) is 5.91 Å². The predicted octanol–water partition coefficient (Wildman–Crippen LogP) is 1.66. The molecule has 0 fully saturated rings. The van der Waals surface area contributed by atoms with Crippen LogP contribution in [0.1, 0.15) is 41.0 Å². The van der Waals surface area contributed by atoms with E-state index in [9.17, 15) is 9.59 Å². The van der Waals surface area contributed by atoms with Crippen LogP contribution in [0.25, 0.3) is 0 Å². The first-order chi connectivity index (χ1) is 9.31. The van der Waals surface area contributed by atoms with Gasteiger partial charge >= 0.3 is 5.97 Å². The molecule has 5 heteroatoms. The summed E-state index contributed by atoms with van der Waals surface area (Å²) in [5.41, 5.74) is 5.72. The molecule has 0 aromatic heterocycles. The van der Waals surface area contributed by atoms with E-state index in [0.717, 1.165) is 6.42 Å². The summed E-state index contributed by atoms with van der Waals surface area (Å²) in [6.45, 7) is 11.1. The third-order valence-corrected chi connectivity index (χ3v) is 2.91. The Morgan fingerprint density at radius 3 is 2.15 bits per heavy atom. The van der Waals surface area contributed by atoms with Crippen LogP contribution in [0.3, 0.4) is 0 Å². The first-order valence-electron chi connectivity index (χ1n) is 7.46. The number of rotatable bonds is 9. The fourth-order valence-corrected chi connectivity index (χ4v) is 2.16. The summed E-state index contributed by atoms with van der Waals surface area (Å²) >= 11 is 0. The van der Waals surface area contributed by atoms with Crippen molar-refractivity contribution in [1.82, 2.24) is 4.90 Å². The molecule has 1 atom stereocenters. The Labute approximate surface area is 122 Å². The van der Waals surface area contributed by atoms with Gasteiger partial charge in [-0.05, 0) is 25.2 Å². The van der Waals surface area contributed by atoms with E-state index in [4.69, 9.17) is 10.5 Å². The average Bonchev–Trinajstić information content (AvgIpc) is 2.33. The molecule has 0 saturated carbocycles. The van der Waals surface area contributed by atoms with Crippen LogP contribution in [0.5, 0.6) is 0 Å². The average molecular weight is 286 g/mol. The van der Waals surface area contributed by atoms with E-state index in [2.05, 4.69) is 13.8 Å². The highest BCUT2D eigenvalue weighted by molar-refractivity contribution is 5.83. The maximum absolute atomic E-state index is 12.5. The molecule has 20 heavy (non-hydrogen) atoms. The van der Waals surface area contributed by atoms with Crippen molar-refractivity contribution in [2.24, 2.45) is 23.5 Å². The number of hydrogen-bond acceptors (Lipinski definition) is 4. The lowest BCUT2D eigenvalue weighted by atomic mass is 9.95. The molecule has 0 rings (SSSR count). The summed E-state index contributed by atoms with van der Waals surface area (Å²) in [6, 6.07) is 0. The molecule has 5 nitrogen and oxygen atoms in total. The fraction of sp³-hybridized carbons (Fsp3) is 0.867. The van der Waals surface area contributed by atoms with E-state index in [1.807, 2.05) is 13.8 Å².